The van der Waals surface area contributed by atoms with Crippen LogP contribution in [0.2, 0.25) is 5.02 Å². The maximum Gasteiger partial charge on any atom is 0.0874 e. The van der Waals surface area contributed by atoms with Gasteiger partial charge in [-0.25, -0.2) is 0 Å². The first-order valence-corrected chi connectivity index (χ1v) is 6.33. The number of hydrogen-bond acceptors (Lipinski definition) is 3. The van der Waals surface area contributed by atoms with Crippen molar-refractivity contribution in [3.05, 3.63) is 28.8 Å². The minimum atomic E-state index is 0.258. The molecule has 0 spiro atoms. The standard InChI is InChI=1S/C13H19ClN2O/c1-10-3-4-11(7-13(10)14)15-8-12-9-16(2)5-6-17-12/h3-4,7,12,15H,5-6,8-9H2,1-2H3. The Hall–Kier alpha value is -0.770. The molecule has 1 aromatic carbocycles. The third-order valence-corrected chi connectivity index (χ3v) is 3.45. The highest BCUT2D eigenvalue weighted by Gasteiger charge is 2.17. The number of anilines is 1. The second kappa shape index (κ2) is 5.71. The van der Waals surface area contributed by atoms with Gasteiger partial charge in [-0.3, -0.25) is 0 Å². The number of nitrogens with one attached hydrogen (secondary N) is 1. The molecule has 0 amide bonds. The summed E-state index contributed by atoms with van der Waals surface area (Å²) in [5.41, 5.74) is 2.16. The summed E-state index contributed by atoms with van der Waals surface area (Å²) in [6.45, 7) is 5.64. The van der Waals surface area contributed by atoms with Crippen molar-refractivity contribution >= 4 is 17.3 Å². The molecule has 0 bridgehead atoms. The average molecular weight is 255 g/mol. The van der Waals surface area contributed by atoms with Crippen molar-refractivity contribution in [2.24, 2.45) is 0 Å². The zero-order valence-electron chi connectivity index (χ0n) is 10.4. The molecule has 3 nitrogen and oxygen atoms in total. The van der Waals surface area contributed by atoms with E-state index in [2.05, 4.69) is 17.3 Å². The molecule has 2 rings (SSSR count). The lowest BCUT2D eigenvalue weighted by Gasteiger charge is -2.30. The topological polar surface area (TPSA) is 24.5 Å². The molecule has 94 valence electrons. The summed E-state index contributed by atoms with van der Waals surface area (Å²) < 4.78 is 5.69. The van der Waals surface area contributed by atoms with Gasteiger partial charge >= 0.3 is 0 Å². The Kier molecular flexibility index (Phi) is 4.26. The van der Waals surface area contributed by atoms with Crippen LogP contribution in [0.1, 0.15) is 5.56 Å². The molecule has 1 N–H and O–H groups in total. The average Bonchev–Trinajstić information content (AvgIpc) is 2.31. The minimum absolute atomic E-state index is 0.258. The van der Waals surface area contributed by atoms with Gasteiger partial charge in [0.15, 0.2) is 0 Å². The van der Waals surface area contributed by atoms with Crippen molar-refractivity contribution < 1.29 is 4.74 Å². The first kappa shape index (κ1) is 12.7. The van der Waals surface area contributed by atoms with Crippen LogP contribution >= 0.6 is 11.6 Å². The maximum atomic E-state index is 6.08. The lowest BCUT2D eigenvalue weighted by molar-refractivity contribution is -0.0117. The summed E-state index contributed by atoms with van der Waals surface area (Å²) in [6, 6.07) is 6.04. The van der Waals surface area contributed by atoms with E-state index < -0.39 is 0 Å². The zero-order valence-corrected chi connectivity index (χ0v) is 11.1. The fourth-order valence-electron chi connectivity index (χ4n) is 1.92. The lowest BCUT2D eigenvalue weighted by Crippen LogP contribution is -2.43. The molecule has 0 aromatic heterocycles. The largest absolute Gasteiger partial charge is 0.382 e. The molecule has 1 heterocycles. The Balaban J connectivity index is 1.86. The number of benzene rings is 1. The highest BCUT2D eigenvalue weighted by Crippen LogP contribution is 2.20. The fraction of sp³-hybridized carbons (Fsp3) is 0.538. The molecular formula is C13H19ClN2O. The summed E-state index contributed by atoms with van der Waals surface area (Å²) in [5.74, 6) is 0. The lowest BCUT2D eigenvalue weighted by atomic mass is 10.2. The number of nitrogens with zero attached hydrogens (tertiary/aromatic N) is 1. The molecule has 0 saturated carbocycles. The van der Waals surface area contributed by atoms with E-state index in [9.17, 15) is 0 Å². The van der Waals surface area contributed by atoms with Crippen LogP contribution < -0.4 is 5.32 Å². The molecule has 17 heavy (non-hydrogen) atoms. The molecule has 1 saturated heterocycles. The number of ether oxygens (including phenoxy) is 1. The zero-order chi connectivity index (χ0) is 12.3. The first-order valence-electron chi connectivity index (χ1n) is 5.95. The van der Waals surface area contributed by atoms with Crippen LogP contribution in [0.5, 0.6) is 0 Å². The van der Waals surface area contributed by atoms with Gasteiger partial charge in [-0.2, -0.15) is 0 Å². The van der Waals surface area contributed by atoms with Gasteiger partial charge in [-0.05, 0) is 31.7 Å². The Morgan fingerprint density at radius 3 is 3.06 bits per heavy atom. The predicted octanol–water partition coefficient (Wildman–Crippen LogP) is 2.39. The predicted molar refractivity (Wildman–Crippen MR) is 71.9 cm³/mol. The molecule has 1 atom stereocenters. The summed E-state index contributed by atoms with van der Waals surface area (Å²) in [6.07, 6.45) is 0.258. The van der Waals surface area contributed by atoms with Crippen molar-refractivity contribution in [2.45, 2.75) is 13.0 Å². The number of halogens is 1. The van der Waals surface area contributed by atoms with Gasteiger partial charge in [0.2, 0.25) is 0 Å². The van der Waals surface area contributed by atoms with Crippen LogP contribution in [-0.4, -0.2) is 44.3 Å². The minimum Gasteiger partial charge on any atom is -0.382 e. The number of rotatable bonds is 3. The van der Waals surface area contributed by atoms with Crippen LogP contribution in [0, 0.1) is 6.92 Å². The van der Waals surface area contributed by atoms with Gasteiger partial charge in [0.1, 0.15) is 0 Å². The van der Waals surface area contributed by atoms with Gasteiger partial charge in [0, 0.05) is 30.3 Å². The molecule has 0 radical (unpaired) electrons. The van der Waals surface area contributed by atoms with E-state index in [-0.39, 0.29) is 6.10 Å². The monoisotopic (exact) mass is 254 g/mol. The maximum absolute atomic E-state index is 6.08. The van der Waals surface area contributed by atoms with Gasteiger partial charge in [-0.15, -0.1) is 0 Å². The Morgan fingerprint density at radius 1 is 1.53 bits per heavy atom. The molecular weight excluding hydrogens is 236 g/mol. The van der Waals surface area contributed by atoms with Crippen molar-refractivity contribution in [3.63, 3.8) is 0 Å². The number of hydrogen-bond donors (Lipinski definition) is 1. The molecule has 1 fully saturated rings. The third kappa shape index (κ3) is 3.60. The van der Waals surface area contributed by atoms with Crippen molar-refractivity contribution in [1.82, 2.24) is 4.90 Å². The molecule has 1 aliphatic heterocycles. The van der Waals surface area contributed by atoms with E-state index in [0.717, 1.165) is 42.5 Å². The van der Waals surface area contributed by atoms with Crippen molar-refractivity contribution in [1.29, 1.82) is 0 Å². The number of morpholine rings is 1. The quantitative estimate of drug-likeness (QED) is 0.897. The molecule has 1 aliphatic rings. The Labute approximate surface area is 108 Å². The fourth-order valence-corrected chi connectivity index (χ4v) is 2.11. The van der Waals surface area contributed by atoms with E-state index in [0.29, 0.717) is 0 Å². The van der Waals surface area contributed by atoms with Crippen LogP contribution in [0.25, 0.3) is 0 Å². The summed E-state index contributed by atoms with van der Waals surface area (Å²) in [5, 5.41) is 4.17. The van der Waals surface area contributed by atoms with Gasteiger partial charge in [-0.1, -0.05) is 17.7 Å². The van der Waals surface area contributed by atoms with Gasteiger partial charge < -0.3 is 15.0 Å². The summed E-state index contributed by atoms with van der Waals surface area (Å²) in [7, 11) is 2.12. The first-order chi connectivity index (χ1) is 8.15. The summed E-state index contributed by atoms with van der Waals surface area (Å²) >= 11 is 6.08. The van der Waals surface area contributed by atoms with E-state index in [4.69, 9.17) is 16.3 Å². The van der Waals surface area contributed by atoms with E-state index in [1.54, 1.807) is 0 Å². The SMILES string of the molecule is Cc1ccc(NCC2CN(C)CCO2)cc1Cl. The smallest absolute Gasteiger partial charge is 0.0874 e. The van der Waals surface area contributed by atoms with Gasteiger partial charge in [0.25, 0.3) is 0 Å². The van der Waals surface area contributed by atoms with Crippen LogP contribution in [0.3, 0.4) is 0 Å². The highest BCUT2D eigenvalue weighted by molar-refractivity contribution is 6.31. The van der Waals surface area contributed by atoms with Gasteiger partial charge in [0.05, 0.1) is 12.7 Å². The normalized spacial score (nSPS) is 21.5. The Bertz CT molecular complexity index is 384. The molecule has 1 unspecified atom stereocenters. The van der Waals surface area contributed by atoms with E-state index in [1.807, 2.05) is 25.1 Å². The number of aryl methyl sites for hydroxylation is 1. The highest BCUT2D eigenvalue weighted by atomic mass is 35.5. The van der Waals surface area contributed by atoms with E-state index in [1.165, 1.54) is 0 Å². The van der Waals surface area contributed by atoms with Crippen LogP contribution in [0.15, 0.2) is 18.2 Å². The third-order valence-electron chi connectivity index (χ3n) is 3.05. The second-order valence-corrected chi connectivity index (χ2v) is 5.01. The van der Waals surface area contributed by atoms with E-state index >= 15 is 0 Å². The summed E-state index contributed by atoms with van der Waals surface area (Å²) in [4.78, 5) is 2.29. The molecule has 1 aromatic rings. The second-order valence-electron chi connectivity index (χ2n) is 4.60. The molecule has 4 heteroatoms. The number of likely N-dealkylation sites (N-methyl/N-ethyl adjacent to an activating group) is 1. The van der Waals surface area contributed by atoms with Crippen LogP contribution in [0.4, 0.5) is 5.69 Å². The van der Waals surface area contributed by atoms with Crippen molar-refractivity contribution in [2.75, 3.05) is 38.6 Å². The Morgan fingerprint density at radius 2 is 2.35 bits per heavy atom. The van der Waals surface area contributed by atoms with Crippen molar-refractivity contribution in [3.8, 4) is 0 Å². The molecule has 0 aliphatic carbocycles. The van der Waals surface area contributed by atoms with Crippen LogP contribution in [-0.2, 0) is 4.74 Å².